The molecule has 3 nitrogen and oxygen atoms in total. The van der Waals surface area contributed by atoms with Crippen LogP contribution in [0.3, 0.4) is 0 Å². The summed E-state index contributed by atoms with van der Waals surface area (Å²) >= 11 is 0. The van der Waals surface area contributed by atoms with Crippen molar-refractivity contribution < 1.29 is 9.59 Å². The minimum absolute atomic E-state index is 0.0220. The van der Waals surface area contributed by atoms with Gasteiger partial charge in [-0.05, 0) is 39.5 Å². The molecule has 0 rings (SSSR count). The minimum atomic E-state index is -0.336. The Balaban J connectivity index is 4.58. The molecule has 3 atom stereocenters. The van der Waals surface area contributed by atoms with E-state index in [0.717, 1.165) is 31.3 Å². The highest BCUT2D eigenvalue weighted by molar-refractivity contribution is 5.88. The average Bonchev–Trinajstić information content (AvgIpc) is 2.41. The predicted octanol–water partition coefficient (Wildman–Crippen LogP) is 4.44. The fourth-order valence-corrected chi connectivity index (χ4v) is 2.45. The molecule has 0 saturated heterocycles. The lowest BCUT2D eigenvalue weighted by Gasteiger charge is -2.21. The average molecular weight is 307 g/mol. The van der Waals surface area contributed by atoms with Crippen molar-refractivity contribution in [2.24, 2.45) is 11.8 Å². The van der Waals surface area contributed by atoms with Gasteiger partial charge in [0.1, 0.15) is 0 Å². The van der Waals surface area contributed by atoms with Crippen LogP contribution >= 0.6 is 0 Å². The van der Waals surface area contributed by atoms with E-state index >= 15 is 0 Å². The number of rotatable bonds is 10. The van der Waals surface area contributed by atoms with E-state index in [2.05, 4.69) is 38.7 Å². The topological polar surface area (TPSA) is 46.2 Å². The Hall–Kier alpha value is -1.38. The lowest BCUT2D eigenvalue weighted by atomic mass is 9.90. The van der Waals surface area contributed by atoms with E-state index in [1.165, 1.54) is 5.57 Å². The van der Waals surface area contributed by atoms with E-state index in [9.17, 15) is 9.59 Å². The summed E-state index contributed by atoms with van der Waals surface area (Å²) in [6.45, 7) is 15.6. The van der Waals surface area contributed by atoms with E-state index in [1.807, 2.05) is 13.8 Å². The molecule has 0 aliphatic rings. The molecule has 0 saturated carbocycles. The molecule has 0 aromatic rings. The number of hydrogen-bond acceptors (Lipinski definition) is 2. The molecule has 1 N–H and O–H groups in total. The van der Waals surface area contributed by atoms with Crippen molar-refractivity contribution in [3.05, 3.63) is 23.8 Å². The fraction of sp³-hybridized carbons (Fsp3) is 0.684. The van der Waals surface area contributed by atoms with Gasteiger partial charge in [-0.25, -0.2) is 0 Å². The SMILES string of the molecule is C=C(C)/C=C(/C)C(C)CC(C)C(=O)NC(CCCC)C(C)=O. The summed E-state index contributed by atoms with van der Waals surface area (Å²) in [5.41, 5.74) is 2.26. The summed E-state index contributed by atoms with van der Waals surface area (Å²) in [6, 6.07) is -0.336. The maximum absolute atomic E-state index is 12.3. The monoisotopic (exact) mass is 307 g/mol. The highest BCUT2D eigenvalue weighted by atomic mass is 16.2. The van der Waals surface area contributed by atoms with Crippen molar-refractivity contribution in [2.45, 2.75) is 73.3 Å². The highest BCUT2D eigenvalue weighted by Crippen LogP contribution is 2.21. The van der Waals surface area contributed by atoms with Crippen LogP contribution in [0.4, 0.5) is 0 Å². The highest BCUT2D eigenvalue weighted by Gasteiger charge is 2.22. The first-order chi connectivity index (χ1) is 10.2. The van der Waals surface area contributed by atoms with Crippen LogP contribution in [0.5, 0.6) is 0 Å². The number of nitrogens with one attached hydrogen (secondary N) is 1. The largest absolute Gasteiger partial charge is 0.346 e. The molecule has 0 aliphatic heterocycles. The summed E-state index contributed by atoms with van der Waals surface area (Å²) in [7, 11) is 0. The second-order valence-corrected chi connectivity index (χ2v) is 6.59. The Morgan fingerprint density at radius 3 is 2.18 bits per heavy atom. The smallest absolute Gasteiger partial charge is 0.223 e. The zero-order chi connectivity index (χ0) is 17.3. The molecule has 0 spiro atoms. The van der Waals surface area contributed by atoms with Gasteiger partial charge < -0.3 is 5.32 Å². The number of unbranched alkanes of at least 4 members (excludes halogenated alkanes) is 1. The lowest BCUT2D eigenvalue weighted by molar-refractivity contribution is -0.129. The summed E-state index contributed by atoms with van der Waals surface area (Å²) < 4.78 is 0. The number of allylic oxidation sites excluding steroid dienone is 3. The molecule has 0 heterocycles. The van der Waals surface area contributed by atoms with Crippen LogP contribution < -0.4 is 5.32 Å². The second-order valence-electron chi connectivity index (χ2n) is 6.59. The Kier molecular flexibility index (Phi) is 9.71. The molecule has 0 aliphatic carbocycles. The van der Waals surface area contributed by atoms with Crippen LogP contribution in [-0.2, 0) is 9.59 Å². The van der Waals surface area contributed by atoms with Crippen molar-refractivity contribution in [3.63, 3.8) is 0 Å². The molecule has 1 amide bonds. The van der Waals surface area contributed by atoms with E-state index in [4.69, 9.17) is 0 Å². The first-order valence-corrected chi connectivity index (χ1v) is 8.33. The van der Waals surface area contributed by atoms with Crippen LogP contribution in [0, 0.1) is 11.8 Å². The van der Waals surface area contributed by atoms with Crippen LogP contribution in [0.2, 0.25) is 0 Å². The van der Waals surface area contributed by atoms with Gasteiger partial charge in [0.05, 0.1) is 6.04 Å². The van der Waals surface area contributed by atoms with E-state index in [-0.39, 0.29) is 23.7 Å². The van der Waals surface area contributed by atoms with Crippen LogP contribution in [0.1, 0.15) is 67.2 Å². The summed E-state index contributed by atoms with van der Waals surface area (Å²) in [5.74, 6) is 0.238. The molecule has 22 heavy (non-hydrogen) atoms. The van der Waals surface area contributed by atoms with Gasteiger partial charge in [0, 0.05) is 5.92 Å². The van der Waals surface area contributed by atoms with Crippen molar-refractivity contribution in [1.29, 1.82) is 0 Å². The Morgan fingerprint density at radius 2 is 1.73 bits per heavy atom. The number of hydrogen-bond donors (Lipinski definition) is 1. The fourth-order valence-electron chi connectivity index (χ4n) is 2.45. The molecular formula is C19H33NO2. The van der Waals surface area contributed by atoms with Gasteiger partial charge in [-0.3, -0.25) is 9.59 Å². The van der Waals surface area contributed by atoms with Crippen molar-refractivity contribution in [1.82, 2.24) is 5.32 Å². The van der Waals surface area contributed by atoms with Gasteiger partial charge in [-0.2, -0.15) is 0 Å². The van der Waals surface area contributed by atoms with Gasteiger partial charge >= 0.3 is 0 Å². The Labute approximate surface area is 136 Å². The normalized spacial score (nSPS) is 15.8. The van der Waals surface area contributed by atoms with Crippen molar-refractivity contribution in [3.8, 4) is 0 Å². The third-order valence-corrected chi connectivity index (χ3v) is 4.06. The van der Waals surface area contributed by atoms with Crippen molar-refractivity contribution in [2.75, 3.05) is 0 Å². The number of carbonyl (C=O) groups is 2. The maximum Gasteiger partial charge on any atom is 0.223 e. The molecular weight excluding hydrogens is 274 g/mol. The predicted molar refractivity (Wildman–Crippen MR) is 93.7 cm³/mol. The molecule has 0 fully saturated rings. The molecule has 3 unspecified atom stereocenters. The van der Waals surface area contributed by atoms with Crippen LogP contribution in [0.15, 0.2) is 23.8 Å². The quantitative estimate of drug-likeness (QED) is 0.607. The first-order valence-electron chi connectivity index (χ1n) is 8.33. The van der Waals surface area contributed by atoms with Gasteiger partial charge in [-0.1, -0.05) is 57.4 Å². The van der Waals surface area contributed by atoms with E-state index in [1.54, 1.807) is 6.92 Å². The van der Waals surface area contributed by atoms with E-state index in [0.29, 0.717) is 5.92 Å². The first kappa shape index (κ1) is 20.6. The second kappa shape index (κ2) is 10.4. The zero-order valence-corrected chi connectivity index (χ0v) is 15.2. The molecule has 0 aromatic carbocycles. The van der Waals surface area contributed by atoms with Gasteiger partial charge in [-0.15, -0.1) is 0 Å². The van der Waals surface area contributed by atoms with Crippen LogP contribution in [0.25, 0.3) is 0 Å². The third-order valence-electron chi connectivity index (χ3n) is 4.06. The number of amides is 1. The van der Waals surface area contributed by atoms with Gasteiger partial charge in [0.25, 0.3) is 0 Å². The summed E-state index contributed by atoms with van der Waals surface area (Å²) in [5, 5.41) is 2.91. The number of carbonyl (C=O) groups excluding carboxylic acids is 2. The molecule has 0 bridgehead atoms. The van der Waals surface area contributed by atoms with Crippen LogP contribution in [-0.4, -0.2) is 17.7 Å². The standard InChI is InChI=1S/C19H33NO2/c1-8-9-10-18(17(7)21)20-19(22)16(6)12-15(5)14(4)11-13(2)3/h11,15-16,18H,2,8-10,12H2,1,3-7H3,(H,20,22)/b14-11-. The van der Waals surface area contributed by atoms with Crippen molar-refractivity contribution >= 4 is 11.7 Å². The minimum Gasteiger partial charge on any atom is -0.346 e. The summed E-state index contributed by atoms with van der Waals surface area (Å²) in [6.07, 6.45) is 5.55. The molecule has 3 heteroatoms. The van der Waals surface area contributed by atoms with Gasteiger partial charge in [0.15, 0.2) is 5.78 Å². The van der Waals surface area contributed by atoms with E-state index < -0.39 is 0 Å². The molecule has 126 valence electrons. The summed E-state index contributed by atoms with van der Waals surface area (Å²) in [4.78, 5) is 23.9. The Morgan fingerprint density at radius 1 is 1.14 bits per heavy atom. The zero-order valence-electron chi connectivity index (χ0n) is 15.2. The number of ketones is 1. The number of Topliss-reactive ketones (excluding diaryl/α,β-unsaturated/α-hetero) is 1. The third kappa shape index (κ3) is 8.16. The lowest BCUT2D eigenvalue weighted by Crippen LogP contribution is -2.42. The Bertz CT molecular complexity index is 423. The molecule has 0 aromatic heterocycles. The van der Waals surface area contributed by atoms with Gasteiger partial charge in [0.2, 0.25) is 5.91 Å². The maximum atomic E-state index is 12.3. The molecule has 0 radical (unpaired) electrons.